The number of nitrogens with zero attached hydrogens (tertiary/aromatic N) is 3. The summed E-state index contributed by atoms with van der Waals surface area (Å²) in [6.07, 6.45) is 1.69. The van der Waals surface area contributed by atoms with E-state index in [1.165, 1.54) is 10.9 Å². The summed E-state index contributed by atoms with van der Waals surface area (Å²) in [4.78, 5) is 14.6. The highest BCUT2D eigenvalue weighted by Gasteiger charge is 2.13. The zero-order chi connectivity index (χ0) is 19.2. The molecule has 0 radical (unpaired) electrons. The van der Waals surface area contributed by atoms with Crippen molar-refractivity contribution < 1.29 is 24.2 Å². The van der Waals surface area contributed by atoms with Gasteiger partial charge in [0.25, 0.3) is 6.20 Å². The lowest BCUT2D eigenvalue weighted by Crippen LogP contribution is -2.32. The van der Waals surface area contributed by atoms with Crippen molar-refractivity contribution in [2.45, 2.75) is 12.5 Å². The first-order valence-corrected chi connectivity index (χ1v) is 8.05. The second-order valence-electron chi connectivity index (χ2n) is 5.71. The van der Waals surface area contributed by atoms with Crippen LogP contribution in [-0.4, -0.2) is 28.4 Å². The topological polar surface area (TPSA) is 141 Å². The summed E-state index contributed by atoms with van der Waals surface area (Å²) in [6.45, 7) is 0. The largest absolute Gasteiger partial charge is 0.846 e. The Morgan fingerprint density at radius 1 is 1.25 bits per heavy atom. The minimum absolute atomic E-state index is 0. The Morgan fingerprint density at radius 2 is 1.93 bits per heavy atom. The third-order valence-corrected chi connectivity index (χ3v) is 3.67. The number of carboxylic acid groups (broad SMARTS) is 1. The average molecular weight is 404 g/mol. The molecule has 0 saturated carbocycles. The van der Waals surface area contributed by atoms with Crippen LogP contribution in [0.5, 0.6) is 0 Å². The Balaban J connectivity index is 0.00000280. The fourth-order valence-corrected chi connectivity index (χ4v) is 2.31. The number of amidine groups is 1. The summed E-state index contributed by atoms with van der Waals surface area (Å²) in [5, 5.41) is 27.2. The fourth-order valence-electron chi connectivity index (χ4n) is 2.31. The van der Waals surface area contributed by atoms with Crippen molar-refractivity contribution in [1.82, 2.24) is 5.27 Å². The molecule has 0 aliphatic heterocycles. The molecule has 0 spiro atoms. The van der Waals surface area contributed by atoms with Crippen LogP contribution in [0.1, 0.15) is 5.56 Å². The molecule has 0 amide bonds. The number of nitrogens with two attached hydrogens (primary N) is 1. The van der Waals surface area contributed by atoms with Gasteiger partial charge in [0.15, 0.2) is 0 Å². The number of anilines is 1. The molecule has 146 valence electrons. The van der Waals surface area contributed by atoms with Crippen molar-refractivity contribution in [3.63, 3.8) is 0 Å². The first-order chi connectivity index (χ1) is 13.0. The van der Waals surface area contributed by atoms with E-state index in [9.17, 15) is 9.90 Å². The highest BCUT2D eigenvalue weighted by Crippen LogP contribution is 2.12. The van der Waals surface area contributed by atoms with Crippen LogP contribution >= 0.6 is 12.4 Å². The Bertz CT molecular complexity index is 944. The number of halogens is 1. The number of aromatic nitrogens is 2. The van der Waals surface area contributed by atoms with Gasteiger partial charge < -0.3 is 21.3 Å². The van der Waals surface area contributed by atoms with Gasteiger partial charge in [-0.05, 0) is 28.8 Å². The van der Waals surface area contributed by atoms with Gasteiger partial charge in [-0.2, -0.15) is 0 Å². The van der Waals surface area contributed by atoms with Gasteiger partial charge in [0.05, 0.1) is 6.02 Å². The zero-order valence-electron chi connectivity index (χ0n) is 14.6. The van der Waals surface area contributed by atoms with Crippen molar-refractivity contribution in [1.29, 1.82) is 0 Å². The van der Waals surface area contributed by atoms with Crippen LogP contribution in [0, 0.1) is 0 Å². The van der Waals surface area contributed by atoms with Gasteiger partial charge in [-0.3, -0.25) is 9.32 Å². The average Bonchev–Trinajstić information content (AvgIpc) is 3.12. The Hall–Kier alpha value is -3.43. The van der Waals surface area contributed by atoms with E-state index in [0.717, 1.165) is 11.3 Å². The van der Waals surface area contributed by atoms with Crippen LogP contribution in [-0.2, 0) is 11.2 Å². The van der Waals surface area contributed by atoms with Gasteiger partial charge >= 0.3 is 11.9 Å². The predicted octanol–water partition coefficient (Wildman–Crippen LogP) is 0.787. The number of hydrogen-bond donors (Lipinski definition) is 3. The standard InChI is InChI=1S/C18H17N5O4.ClH/c19-15(17(24)25)10-12-6-8-13(9-7-12)20-18(26)21-16-11-23(22-27-16)14-4-2-1-3-5-14;/h1-9,11,15H,10,19H2,(H2-,20,21,22,24,25,26);1H/t15-;/m0./s1. The van der Waals surface area contributed by atoms with E-state index < -0.39 is 18.0 Å². The van der Waals surface area contributed by atoms with E-state index in [0.29, 0.717) is 5.69 Å². The van der Waals surface area contributed by atoms with Crippen molar-refractivity contribution in [3.8, 4) is 5.69 Å². The highest BCUT2D eigenvalue weighted by atomic mass is 35.5. The van der Waals surface area contributed by atoms with E-state index in [-0.39, 0.29) is 24.7 Å². The Morgan fingerprint density at radius 3 is 2.57 bits per heavy atom. The minimum Gasteiger partial charge on any atom is -0.846 e. The van der Waals surface area contributed by atoms with Crippen LogP contribution in [0.15, 0.2) is 70.3 Å². The molecule has 0 saturated heterocycles. The molecule has 1 atom stereocenters. The van der Waals surface area contributed by atoms with Gasteiger partial charge in [-0.25, -0.2) is 4.99 Å². The molecule has 4 N–H and O–H groups in total. The molecule has 2 aromatic carbocycles. The second-order valence-corrected chi connectivity index (χ2v) is 5.71. The lowest BCUT2D eigenvalue weighted by atomic mass is 10.1. The molecule has 1 heterocycles. The van der Waals surface area contributed by atoms with Crippen LogP contribution in [0.2, 0.25) is 0 Å². The van der Waals surface area contributed by atoms with Crippen LogP contribution in [0.25, 0.3) is 5.69 Å². The molecule has 0 fully saturated rings. The van der Waals surface area contributed by atoms with Gasteiger partial charge in [0, 0.05) is 17.8 Å². The summed E-state index contributed by atoms with van der Waals surface area (Å²) >= 11 is 0. The number of aliphatic imine (C=N–C) groups is 1. The molecule has 10 heteroatoms. The van der Waals surface area contributed by atoms with E-state index in [4.69, 9.17) is 15.4 Å². The van der Waals surface area contributed by atoms with Crippen molar-refractivity contribution in [3.05, 3.63) is 66.4 Å². The molecular formula is C18H18ClN5O4. The molecule has 9 nitrogen and oxygen atoms in total. The molecule has 28 heavy (non-hydrogen) atoms. The van der Waals surface area contributed by atoms with E-state index in [2.05, 4.69) is 15.6 Å². The molecule has 0 aliphatic carbocycles. The van der Waals surface area contributed by atoms with Gasteiger partial charge in [-0.15, -0.1) is 12.4 Å². The smallest absolute Gasteiger partial charge is 0.322 e. The number of hydrogen-bond acceptors (Lipinski definition) is 6. The molecule has 3 aromatic rings. The summed E-state index contributed by atoms with van der Waals surface area (Å²) in [5.41, 5.74) is 7.53. The lowest BCUT2D eigenvalue weighted by molar-refractivity contribution is -0.670. The SMILES string of the molecule is Cl.N[C@@H](Cc1ccc(N/C([O-])=N/c2c[n+](-c3ccccc3)no2)cc1)C(=O)O. The number of benzene rings is 2. The van der Waals surface area contributed by atoms with Crippen LogP contribution in [0.3, 0.4) is 0 Å². The van der Waals surface area contributed by atoms with Crippen LogP contribution < -0.4 is 20.8 Å². The van der Waals surface area contributed by atoms with Crippen LogP contribution in [0.4, 0.5) is 11.6 Å². The maximum Gasteiger partial charge on any atom is 0.322 e. The minimum atomic E-state index is -1.06. The molecular weight excluding hydrogens is 386 g/mol. The number of rotatable bonds is 6. The number of aliphatic carboxylic acids is 1. The predicted molar refractivity (Wildman–Crippen MR) is 102 cm³/mol. The van der Waals surface area contributed by atoms with E-state index in [1.807, 2.05) is 30.3 Å². The van der Waals surface area contributed by atoms with Gasteiger partial charge in [-0.1, -0.05) is 30.3 Å². The molecule has 0 bridgehead atoms. The zero-order valence-corrected chi connectivity index (χ0v) is 15.4. The third-order valence-electron chi connectivity index (χ3n) is 3.67. The molecule has 0 aliphatic rings. The quantitative estimate of drug-likeness (QED) is 0.314. The summed E-state index contributed by atoms with van der Waals surface area (Å²) in [6, 6.07) is 14.3. The summed E-state index contributed by atoms with van der Waals surface area (Å²) in [7, 11) is 0. The summed E-state index contributed by atoms with van der Waals surface area (Å²) < 4.78 is 6.49. The van der Waals surface area contributed by atoms with Crippen molar-refractivity contribution in [2.24, 2.45) is 10.7 Å². The maximum atomic E-state index is 12.0. The first-order valence-electron chi connectivity index (χ1n) is 8.05. The number of para-hydroxylation sites is 1. The Labute approximate surface area is 166 Å². The second kappa shape index (κ2) is 9.49. The number of carboxylic acids is 1. The van der Waals surface area contributed by atoms with E-state index >= 15 is 0 Å². The highest BCUT2D eigenvalue weighted by molar-refractivity contribution is 5.87. The van der Waals surface area contributed by atoms with Crippen molar-refractivity contribution >= 4 is 36.0 Å². The molecule has 3 rings (SSSR count). The van der Waals surface area contributed by atoms with Crippen molar-refractivity contribution in [2.75, 3.05) is 5.32 Å². The summed E-state index contributed by atoms with van der Waals surface area (Å²) in [5.74, 6) is -1.01. The fraction of sp³-hybridized carbons (Fsp3) is 0.111. The van der Waals surface area contributed by atoms with E-state index in [1.54, 1.807) is 24.3 Å². The number of nitrogens with one attached hydrogen (secondary N) is 1. The first kappa shape index (κ1) is 20.9. The third kappa shape index (κ3) is 5.53. The molecule has 0 unspecified atom stereocenters. The van der Waals surface area contributed by atoms with Gasteiger partial charge in [0.2, 0.25) is 11.0 Å². The monoisotopic (exact) mass is 403 g/mol. The lowest BCUT2D eigenvalue weighted by Gasteiger charge is -2.13. The molecule has 1 aromatic heterocycles. The number of carbonyl (C=O) groups is 1. The van der Waals surface area contributed by atoms with Gasteiger partial charge in [0.1, 0.15) is 6.04 Å². The maximum absolute atomic E-state index is 12.0. The Kier molecular flexibility index (Phi) is 7.08. The normalized spacial score (nSPS) is 12.1.